The second-order valence-corrected chi connectivity index (χ2v) is 28.2. The Kier molecular flexibility index (Phi) is 22.6. The summed E-state index contributed by atoms with van der Waals surface area (Å²) in [6, 6.07) is 19.8. The van der Waals surface area contributed by atoms with Crippen LogP contribution >= 0.6 is 0 Å². The molecule has 0 fully saturated rings. The van der Waals surface area contributed by atoms with Crippen LogP contribution in [0.5, 0.6) is 0 Å². The molecule has 13 heteroatoms. The Bertz CT molecular complexity index is 1480. The van der Waals surface area contributed by atoms with Crippen LogP contribution in [0.1, 0.15) is 165 Å². The Morgan fingerprint density at radius 1 is 0.565 bits per heavy atom. The molecule has 0 N–H and O–H groups in total. The topological polar surface area (TPSA) is 18.5 Å². The maximum Gasteiger partial charge on any atom is 0.460 e. The van der Waals surface area contributed by atoms with E-state index in [0.29, 0.717) is 12.8 Å². The Morgan fingerprint density at radius 2 is 0.984 bits per heavy atom. The average molecular weight is 925 g/mol. The molecule has 0 heterocycles. The van der Waals surface area contributed by atoms with E-state index in [1.165, 1.54) is 57.8 Å². The van der Waals surface area contributed by atoms with Crippen LogP contribution in [0.3, 0.4) is 0 Å². The van der Waals surface area contributed by atoms with Crippen molar-refractivity contribution in [1.29, 1.82) is 0 Å². The van der Waals surface area contributed by atoms with E-state index in [9.17, 15) is 30.7 Å². The van der Waals surface area contributed by atoms with Gasteiger partial charge >= 0.3 is 23.9 Å². The van der Waals surface area contributed by atoms with Gasteiger partial charge in [-0.1, -0.05) is 199 Å². The normalized spacial score (nSPS) is 14.8. The van der Waals surface area contributed by atoms with E-state index in [4.69, 9.17) is 8.85 Å². The molecule has 0 amide bonds. The minimum atomic E-state index is -6.93. The third kappa shape index (κ3) is 14.7. The van der Waals surface area contributed by atoms with Gasteiger partial charge in [-0.2, -0.15) is 39.5 Å². The first kappa shape index (κ1) is 56.0. The van der Waals surface area contributed by atoms with Crippen LogP contribution in [0.25, 0.3) is 0 Å². The maximum atomic E-state index is 15.1. The van der Waals surface area contributed by atoms with Crippen LogP contribution < -0.4 is 10.4 Å². The van der Waals surface area contributed by atoms with Gasteiger partial charge in [-0.3, -0.25) is 0 Å². The monoisotopic (exact) mass is 925 g/mol. The molecule has 2 atom stereocenters. The Labute approximate surface area is 370 Å². The summed E-state index contributed by atoms with van der Waals surface area (Å²) >= 11 is 0. The molecule has 62 heavy (non-hydrogen) atoms. The van der Waals surface area contributed by atoms with E-state index in [2.05, 4.69) is 58.5 Å². The molecular formula is C49H77F9O2Si2. The van der Waals surface area contributed by atoms with Crippen LogP contribution in [-0.4, -0.2) is 52.8 Å². The fourth-order valence-electron chi connectivity index (χ4n) is 9.00. The van der Waals surface area contributed by atoms with Crippen LogP contribution in [0.15, 0.2) is 73.3 Å². The minimum absolute atomic E-state index is 0.248. The van der Waals surface area contributed by atoms with E-state index in [1.807, 2.05) is 36.4 Å². The zero-order valence-electron chi connectivity index (χ0n) is 38.8. The molecule has 0 saturated carbocycles. The van der Waals surface area contributed by atoms with Crippen molar-refractivity contribution in [3.05, 3.63) is 73.3 Å². The van der Waals surface area contributed by atoms with Gasteiger partial charge < -0.3 is 8.85 Å². The molecule has 0 unspecified atom stereocenters. The molecule has 0 spiro atoms. The molecule has 356 valence electrons. The zero-order valence-corrected chi connectivity index (χ0v) is 40.8. The van der Waals surface area contributed by atoms with E-state index < -0.39 is 70.2 Å². The molecule has 2 nitrogen and oxygen atoms in total. The predicted octanol–water partition coefficient (Wildman–Crippen LogP) is 16.4. The number of unbranched alkanes of at least 4 members (excludes halogenated alkanes) is 11. The number of halogens is 9. The van der Waals surface area contributed by atoms with E-state index in [1.54, 1.807) is 33.8 Å². The summed E-state index contributed by atoms with van der Waals surface area (Å²) in [7, 11) is -6.59. The van der Waals surface area contributed by atoms with Crippen molar-refractivity contribution in [2.75, 3.05) is 0 Å². The third-order valence-corrected chi connectivity index (χ3v) is 23.6. The van der Waals surface area contributed by atoms with Gasteiger partial charge in [0.05, 0.1) is 0 Å². The predicted molar refractivity (Wildman–Crippen MR) is 243 cm³/mol. The van der Waals surface area contributed by atoms with Gasteiger partial charge in [0, 0.05) is 18.6 Å². The molecule has 2 rings (SSSR count). The van der Waals surface area contributed by atoms with Crippen molar-refractivity contribution in [1.82, 2.24) is 0 Å². The molecule has 0 bridgehead atoms. The lowest BCUT2D eigenvalue weighted by Crippen LogP contribution is -2.67. The van der Waals surface area contributed by atoms with Crippen LogP contribution in [0.2, 0.25) is 22.2 Å². The summed E-state index contributed by atoms with van der Waals surface area (Å²) in [5.41, 5.74) is -0.930. The first-order valence-corrected chi connectivity index (χ1v) is 27.3. The van der Waals surface area contributed by atoms with Gasteiger partial charge in [0.25, 0.3) is 8.32 Å². The van der Waals surface area contributed by atoms with Gasteiger partial charge in [0.1, 0.15) is 0 Å². The van der Waals surface area contributed by atoms with Gasteiger partial charge in [0.15, 0.2) is 8.32 Å². The molecular weight excluding hydrogens is 848 g/mol. The molecule has 2 aromatic carbocycles. The quantitative estimate of drug-likeness (QED) is 0.0325. The number of hydrogen-bond donors (Lipinski definition) is 0. The summed E-state index contributed by atoms with van der Waals surface area (Å²) < 4.78 is 140. The highest BCUT2D eigenvalue weighted by Gasteiger charge is 2.81. The van der Waals surface area contributed by atoms with Gasteiger partial charge in [-0.25, -0.2) is 0 Å². The molecule has 0 aliphatic carbocycles. The second-order valence-electron chi connectivity index (χ2n) is 19.0. The van der Waals surface area contributed by atoms with Crippen LogP contribution in [0, 0.1) is 0 Å². The van der Waals surface area contributed by atoms with E-state index >= 15 is 8.78 Å². The van der Waals surface area contributed by atoms with Gasteiger partial charge in [0.2, 0.25) is 0 Å². The first-order chi connectivity index (χ1) is 28.9. The van der Waals surface area contributed by atoms with Crippen LogP contribution in [0.4, 0.5) is 39.5 Å². The number of rotatable bonds is 31. The maximum absolute atomic E-state index is 15.1. The van der Waals surface area contributed by atoms with E-state index in [-0.39, 0.29) is 17.6 Å². The van der Waals surface area contributed by atoms with Crippen molar-refractivity contribution in [2.45, 2.75) is 223 Å². The number of alkyl halides is 9. The van der Waals surface area contributed by atoms with Crippen molar-refractivity contribution < 1.29 is 48.4 Å². The second kappa shape index (κ2) is 25.0. The zero-order chi connectivity index (χ0) is 46.9. The summed E-state index contributed by atoms with van der Waals surface area (Å²) in [6.45, 7) is 19.6. The minimum Gasteiger partial charge on any atom is -0.413 e. The molecule has 2 aromatic rings. The standard InChI is InChI=1S/C49H77F9O2Si2/c1-10-12-13-14-15-16-17-18-19-20-21-24-30-42(60-62(45(7,8)9,43-31-25-22-26-32-43)44-33-27-23-28-34-44)36-35-41(29-11-2)59-61(39(3)4,40(5)6)38-37-46(50,51)47(52,53)48(54,55)49(56,57)58/h11,22-23,25-28,31-34,39-42H,2,10,12-21,24,29-30,35-38H2,1,3-9H3/t41-,42-/m1/s1. The van der Waals surface area contributed by atoms with Crippen LogP contribution in [-0.2, 0) is 8.85 Å². The fraction of sp³-hybridized carbons (Fsp3) is 0.714. The largest absolute Gasteiger partial charge is 0.460 e. The lowest BCUT2D eigenvalue weighted by atomic mass is 10.0. The van der Waals surface area contributed by atoms with Crippen molar-refractivity contribution in [3.63, 3.8) is 0 Å². The summed E-state index contributed by atoms with van der Waals surface area (Å²) in [5, 5.41) is 1.93. The van der Waals surface area contributed by atoms with Crippen molar-refractivity contribution >= 4 is 27.0 Å². The average Bonchev–Trinajstić information content (AvgIpc) is 3.19. The summed E-state index contributed by atoms with van der Waals surface area (Å²) in [6.07, 6.45) is 8.42. The van der Waals surface area contributed by atoms with Gasteiger partial charge in [-0.15, -0.1) is 6.58 Å². The molecule has 0 aromatic heterocycles. The molecule has 0 aliphatic heterocycles. The summed E-state index contributed by atoms with van der Waals surface area (Å²) in [5.74, 6) is -19.2. The highest BCUT2D eigenvalue weighted by molar-refractivity contribution is 6.99. The highest BCUT2D eigenvalue weighted by Crippen LogP contribution is 2.55. The van der Waals surface area contributed by atoms with Crippen molar-refractivity contribution in [3.8, 4) is 0 Å². The third-order valence-electron chi connectivity index (χ3n) is 12.8. The highest BCUT2D eigenvalue weighted by atomic mass is 28.4. The van der Waals surface area contributed by atoms with E-state index in [0.717, 1.165) is 36.1 Å². The lowest BCUT2D eigenvalue weighted by molar-refractivity contribution is -0.396. The first-order valence-electron chi connectivity index (χ1n) is 23.2. The van der Waals surface area contributed by atoms with Crippen molar-refractivity contribution in [2.24, 2.45) is 0 Å². The number of benzene rings is 2. The lowest BCUT2D eigenvalue weighted by Gasteiger charge is -2.46. The fourth-order valence-corrected chi connectivity index (χ4v) is 18.4. The molecule has 0 saturated heterocycles. The number of hydrogen-bond acceptors (Lipinski definition) is 2. The molecule has 0 aliphatic rings. The van der Waals surface area contributed by atoms with Gasteiger partial charge in [-0.05, 0) is 58.2 Å². The smallest absolute Gasteiger partial charge is 0.413 e. The summed E-state index contributed by atoms with van der Waals surface area (Å²) in [4.78, 5) is 0. The Hall–Kier alpha value is -2.10. The Balaban J connectivity index is 2.45. The molecule has 0 radical (unpaired) electrons. The Morgan fingerprint density at radius 3 is 1.37 bits per heavy atom. The SMILES string of the molecule is C=CC[C@H](CC[C@@H](CCCCCCCCCCCCCC)O[Si](c1ccccc1)(c1ccccc1)C(C)(C)C)O[Si](CCC(F)(F)C(F)(F)C(F)(F)C(F)(F)F)(C(C)C)C(C)C.